The van der Waals surface area contributed by atoms with Gasteiger partial charge in [-0.05, 0) is 25.2 Å². The van der Waals surface area contributed by atoms with Crippen molar-refractivity contribution in [2.24, 2.45) is 5.73 Å². The number of benzene rings is 1. The Morgan fingerprint density at radius 1 is 1.35 bits per heavy atom. The van der Waals surface area contributed by atoms with Crippen LogP contribution in [0, 0.1) is 5.82 Å². The van der Waals surface area contributed by atoms with Crippen LogP contribution in [-0.4, -0.2) is 61.2 Å². The van der Waals surface area contributed by atoms with E-state index in [0.717, 1.165) is 32.7 Å². The normalized spacial score (nSPS) is 17.1. The third kappa shape index (κ3) is 4.13. The first-order chi connectivity index (χ1) is 9.56. The van der Waals surface area contributed by atoms with E-state index in [2.05, 4.69) is 16.8 Å². The molecule has 0 unspecified atom stereocenters. The van der Waals surface area contributed by atoms with E-state index < -0.39 is 5.82 Å². The van der Waals surface area contributed by atoms with Crippen molar-refractivity contribution in [3.8, 4) is 5.75 Å². The van der Waals surface area contributed by atoms with Gasteiger partial charge in [-0.1, -0.05) is 12.2 Å². The first kappa shape index (κ1) is 15.2. The van der Waals surface area contributed by atoms with Crippen molar-refractivity contribution >= 4 is 17.2 Å². The van der Waals surface area contributed by atoms with Crippen LogP contribution in [0.2, 0.25) is 0 Å². The van der Waals surface area contributed by atoms with Gasteiger partial charge in [-0.2, -0.15) is 0 Å². The molecule has 0 radical (unpaired) electrons. The van der Waals surface area contributed by atoms with Crippen LogP contribution in [0.4, 0.5) is 4.39 Å². The highest BCUT2D eigenvalue weighted by Crippen LogP contribution is 2.18. The fourth-order valence-electron chi connectivity index (χ4n) is 2.13. The third-order valence-corrected chi connectivity index (χ3v) is 3.71. The van der Waals surface area contributed by atoms with Gasteiger partial charge in [-0.3, -0.25) is 4.90 Å². The van der Waals surface area contributed by atoms with Gasteiger partial charge in [0, 0.05) is 38.3 Å². The summed E-state index contributed by atoms with van der Waals surface area (Å²) in [6, 6.07) is 4.57. The van der Waals surface area contributed by atoms with Crippen molar-refractivity contribution in [2.45, 2.75) is 0 Å². The molecular formula is C14H20FN3OS. The summed E-state index contributed by atoms with van der Waals surface area (Å²) in [6.07, 6.45) is 0. The zero-order chi connectivity index (χ0) is 14.5. The number of hydrogen-bond acceptors (Lipinski definition) is 4. The molecular weight excluding hydrogens is 277 g/mol. The van der Waals surface area contributed by atoms with Gasteiger partial charge in [-0.25, -0.2) is 4.39 Å². The van der Waals surface area contributed by atoms with Gasteiger partial charge in [0.2, 0.25) is 0 Å². The summed E-state index contributed by atoms with van der Waals surface area (Å²) in [4.78, 5) is 4.81. The quantitative estimate of drug-likeness (QED) is 0.824. The van der Waals surface area contributed by atoms with Crippen molar-refractivity contribution in [1.82, 2.24) is 9.80 Å². The lowest BCUT2D eigenvalue weighted by molar-refractivity contribution is 0.132. The van der Waals surface area contributed by atoms with Crippen LogP contribution in [0.15, 0.2) is 18.2 Å². The molecule has 0 amide bonds. The Morgan fingerprint density at radius 2 is 2.05 bits per heavy atom. The van der Waals surface area contributed by atoms with E-state index in [4.69, 9.17) is 22.7 Å². The van der Waals surface area contributed by atoms with Crippen molar-refractivity contribution in [3.05, 3.63) is 29.6 Å². The number of hydrogen-bond donors (Lipinski definition) is 1. The Kier molecular flexibility index (Phi) is 5.28. The number of ether oxygens (including phenoxy) is 1. The maximum atomic E-state index is 13.8. The molecule has 2 rings (SSSR count). The van der Waals surface area contributed by atoms with Crippen LogP contribution in [0.5, 0.6) is 5.75 Å². The third-order valence-electron chi connectivity index (χ3n) is 3.48. The zero-order valence-corrected chi connectivity index (χ0v) is 12.5. The number of likely N-dealkylation sites (N-methyl/N-ethyl adjacent to an activating group) is 1. The fourth-order valence-corrected chi connectivity index (χ4v) is 2.25. The predicted octanol–water partition coefficient (Wildman–Crippen LogP) is 1.09. The van der Waals surface area contributed by atoms with Gasteiger partial charge in [0.05, 0.1) is 0 Å². The Bertz CT molecular complexity index is 475. The molecule has 0 aliphatic carbocycles. The van der Waals surface area contributed by atoms with E-state index in [1.54, 1.807) is 12.1 Å². The molecule has 4 nitrogen and oxygen atoms in total. The smallest absolute Gasteiger partial charge is 0.165 e. The molecule has 0 saturated carbocycles. The van der Waals surface area contributed by atoms with Crippen molar-refractivity contribution in [1.29, 1.82) is 0 Å². The van der Waals surface area contributed by atoms with Crippen molar-refractivity contribution in [2.75, 3.05) is 46.4 Å². The minimum atomic E-state index is -0.423. The van der Waals surface area contributed by atoms with Gasteiger partial charge < -0.3 is 15.4 Å². The van der Waals surface area contributed by atoms with Gasteiger partial charge in [0.15, 0.2) is 11.6 Å². The first-order valence-corrected chi connectivity index (χ1v) is 7.10. The molecule has 0 spiro atoms. The van der Waals surface area contributed by atoms with Gasteiger partial charge >= 0.3 is 0 Å². The molecule has 0 aromatic heterocycles. The van der Waals surface area contributed by atoms with Crippen LogP contribution < -0.4 is 10.5 Å². The Labute approximate surface area is 124 Å². The summed E-state index contributed by atoms with van der Waals surface area (Å²) in [5.41, 5.74) is 5.97. The number of piperazine rings is 1. The average molecular weight is 297 g/mol. The molecule has 1 heterocycles. The number of nitrogens with two attached hydrogens (primary N) is 1. The highest BCUT2D eigenvalue weighted by molar-refractivity contribution is 7.80. The monoisotopic (exact) mass is 297 g/mol. The Balaban J connectivity index is 1.81. The lowest BCUT2D eigenvalue weighted by Crippen LogP contribution is -2.45. The molecule has 0 bridgehead atoms. The number of halogens is 1. The zero-order valence-electron chi connectivity index (χ0n) is 11.6. The van der Waals surface area contributed by atoms with E-state index in [-0.39, 0.29) is 10.7 Å². The van der Waals surface area contributed by atoms with E-state index in [1.807, 2.05) is 0 Å². The molecule has 20 heavy (non-hydrogen) atoms. The standard InChI is InChI=1S/C14H20FN3OS/c1-17-4-6-18(7-5-17)8-9-19-13-3-2-11(14(16)20)10-12(13)15/h2-3,10H,4-9H2,1H3,(H2,16,20). The highest BCUT2D eigenvalue weighted by atomic mass is 32.1. The Hall–Kier alpha value is -1.24. The van der Waals surface area contributed by atoms with Crippen molar-refractivity contribution < 1.29 is 9.13 Å². The number of thiocarbonyl (C=S) groups is 1. The average Bonchev–Trinajstić information content (AvgIpc) is 2.42. The summed E-state index contributed by atoms with van der Waals surface area (Å²) in [6.45, 7) is 5.48. The summed E-state index contributed by atoms with van der Waals surface area (Å²) in [5.74, 6) is -0.173. The molecule has 110 valence electrons. The molecule has 1 saturated heterocycles. The van der Waals surface area contributed by atoms with Gasteiger partial charge in [0.25, 0.3) is 0 Å². The SMILES string of the molecule is CN1CCN(CCOc2ccc(C(N)=S)cc2F)CC1. The van der Waals surface area contributed by atoms with E-state index >= 15 is 0 Å². The van der Waals surface area contributed by atoms with Crippen LogP contribution in [0.1, 0.15) is 5.56 Å². The largest absolute Gasteiger partial charge is 0.489 e. The number of nitrogens with zero attached hydrogens (tertiary/aromatic N) is 2. The summed E-state index contributed by atoms with van der Waals surface area (Å²) < 4.78 is 19.3. The highest BCUT2D eigenvalue weighted by Gasteiger charge is 2.13. The maximum Gasteiger partial charge on any atom is 0.165 e. The molecule has 1 aliphatic heterocycles. The second kappa shape index (κ2) is 6.97. The molecule has 1 aromatic rings. The van der Waals surface area contributed by atoms with E-state index in [0.29, 0.717) is 12.2 Å². The predicted molar refractivity (Wildman–Crippen MR) is 81.7 cm³/mol. The second-order valence-electron chi connectivity index (χ2n) is 5.00. The number of rotatable bonds is 5. The van der Waals surface area contributed by atoms with Gasteiger partial charge in [0.1, 0.15) is 11.6 Å². The second-order valence-corrected chi connectivity index (χ2v) is 5.44. The molecule has 0 atom stereocenters. The molecule has 1 aromatic carbocycles. The first-order valence-electron chi connectivity index (χ1n) is 6.69. The lowest BCUT2D eigenvalue weighted by Gasteiger charge is -2.32. The minimum Gasteiger partial charge on any atom is -0.489 e. The van der Waals surface area contributed by atoms with Crippen LogP contribution in [-0.2, 0) is 0 Å². The topological polar surface area (TPSA) is 41.7 Å². The molecule has 2 N–H and O–H groups in total. The minimum absolute atomic E-state index is 0.188. The van der Waals surface area contributed by atoms with Crippen LogP contribution in [0.25, 0.3) is 0 Å². The summed E-state index contributed by atoms with van der Waals surface area (Å²) >= 11 is 4.81. The Morgan fingerprint density at radius 3 is 2.65 bits per heavy atom. The summed E-state index contributed by atoms with van der Waals surface area (Å²) in [5, 5.41) is 0. The lowest BCUT2D eigenvalue weighted by atomic mass is 10.2. The molecule has 1 aliphatic rings. The fraction of sp³-hybridized carbons (Fsp3) is 0.500. The molecule has 1 fully saturated rings. The molecule has 6 heteroatoms. The van der Waals surface area contributed by atoms with Crippen molar-refractivity contribution in [3.63, 3.8) is 0 Å². The van der Waals surface area contributed by atoms with E-state index in [9.17, 15) is 4.39 Å². The summed E-state index contributed by atoms with van der Waals surface area (Å²) in [7, 11) is 2.12. The van der Waals surface area contributed by atoms with E-state index in [1.165, 1.54) is 6.07 Å². The van der Waals surface area contributed by atoms with Gasteiger partial charge in [-0.15, -0.1) is 0 Å². The van der Waals surface area contributed by atoms with Crippen LogP contribution >= 0.6 is 12.2 Å². The maximum absolute atomic E-state index is 13.8. The van der Waals surface area contributed by atoms with Crippen LogP contribution in [0.3, 0.4) is 0 Å².